The first kappa shape index (κ1) is 22.6. The SMILES string of the molecule is CCCCOC(=O)c1ccc(NC(=O)COC(=O)c2ccccc2C(=O)OC)cc1. The second-order valence-corrected chi connectivity index (χ2v) is 6.23. The molecule has 1 amide bonds. The number of carbonyl (C=O) groups excluding carboxylic acids is 4. The van der Waals surface area contributed by atoms with Gasteiger partial charge in [-0.1, -0.05) is 25.5 Å². The van der Waals surface area contributed by atoms with Crippen molar-refractivity contribution >= 4 is 29.5 Å². The highest BCUT2D eigenvalue weighted by Crippen LogP contribution is 2.13. The molecule has 0 spiro atoms. The molecule has 8 nitrogen and oxygen atoms in total. The molecule has 0 fully saturated rings. The van der Waals surface area contributed by atoms with Crippen molar-refractivity contribution < 1.29 is 33.4 Å². The van der Waals surface area contributed by atoms with E-state index < -0.39 is 30.4 Å². The normalized spacial score (nSPS) is 10.1. The molecule has 0 atom stereocenters. The van der Waals surface area contributed by atoms with E-state index in [1.165, 1.54) is 31.4 Å². The largest absolute Gasteiger partial charge is 0.465 e. The predicted molar refractivity (Wildman–Crippen MR) is 108 cm³/mol. The van der Waals surface area contributed by atoms with Crippen LogP contribution in [0.15, 0.2) is 48.5 Å². The number of carbonyl (C=O) groups is 4. The molecule has 1 N–H and O–H groups in total. The van der Waals surface area contributed by atoms with Crippen LogP contribution in [0.4, 0.5) is 5.69 Å². The van der Waals surface area contributed by atoms with Crippen molar-refractivity contribution in [2.45, 2.75) is 19.8 Å². The zero-order valence-corrected chi connectivity index (χ0v) is 16.8. The third-order valence-corrected chi connectivity index (χ3v) is 4.02. The van der Waals surface area contributed by atoms with Gasteiger partial charge in [0.2, 0.25) is 0 Å². The molecule has 0 radical (unpaired) electrons. The van der Waals surface area contributed by atoms with Gasteiger partial charge in [0.1, 0.15) is 0 Å². The van der Waals surface area contributed by atoms with Gasteiger partial charge in [0.05, 0.1) is 30.4 Å². The van der Waals surface area contributed by atoms with Crippen LogP contribution in [-0.4, -0.2) is 44.1 Å². The van der Waals surface area contributed by atoms with Gasteiger partial charge in [0, 0.05) is 5.69 Å². The van der Waals surface area contributed by atoms with Gasteiger partial charge < -0.3 is 19.5 Å². The summed E-state index contributed by atoms with van der Waals surface area (Å²) in [6.45, 7) is 1.81. The first-order chi connectivity index (χ1) is 14.5. The summed E-state index contributed by atoms with van der Waals surface area (Å²) in [5.41, 5.74) is 0.848. The Labute approximate surface area is 174 Å². The van der Waals surface area contributed by atoms with E-state index in [0.717, 1.165) is 12.8 Å². The summed E-state index contributed by atoms with van der Waals surface area (Å²) in [4.78, 5) is 47.8. The lowest BCUT2D eigenvalue weighted by Gasteiger charge is -2.09. The van der Waals surface area contributed by atoms with Crippen LogP contribution in [0, 0.1) is 0 Å². The Morgan fingerprint density at radius 3 is 2.07 bits per heavy atom. The van der Waals surface area contributed by atoms with Crippen molar-refractivity contribution in [2.75, 3.05) is 25.6 Å². The summed E-state index contributed by atoms with van der Waals surface area (Å²) in [6, 6.07) is 12.1. The van der Waals surface area contributed by atoms with Gasteiger partial charge in [-0.2, -0.15) is 0 Å². The molecule has 0 unspecified atom stereocenters. The number of nitrogens with one attached hydrogen (secondary N) is 1. The maximum Gasteiger partial charge on any atom is 0.339 e. The van der Waals surface area contributed by atoms with E-state index in [1.54, 1.807) is 24.3 Å². The molecule has 0 aliphatic rings. The summed E-state index contributed by atoms with van der Waals surface area (Å²) >= 11 is 0. The molecular formula is C22H23NO7. The number of benzene rings is 2. The van der Waals surface area contributed by atoms with E-state index in [-0.39, 0.29) is 11.1 Å². The number of amides is 1. The number of hydrogen-bond donors (Lipinski definition) is 1. The number of hydrogen-bond acceptors (Lipinski definition) is 7. The molecule has 0 aliphatic heterocycles. The number of anilines is 1. The summed E-state index contributed by atoms with van der Waals surface area (Å²) in [5.74, 6) is -2.51. The number of methoxy groups -OCH3 is 1. The summed E-state index contributed by atoms with van der Waals surface area (Å²) in [6.07, 6.45) is 1.72. The molecule has 0 bridgehead atoms. The van der Waals surface area contributed by atoms with Crippen molar-refractivity contribution in [1.29, 1.82) is 0 Å². The molecular weight excluding hydrogens is 390 g/mol. The van der Waals surface area contributed by atoms with Crippen molar-refractivity contribution in [1.82, 2.24) is 0 Å². The minimum atomic E-state index is -0.823. The van der Waals surface area contributed by atoms with E-state index in [0.29, 0.717) is 17.9 Å². The molecule has 0 saturated heterocycles. The lowest BCUT2D eigenvalue weighted by atomic mass is 10.1. The van der Waals surface area contributed by atoms with Gasteiger partial charge in [0.15, 0.2) is 6.61 Å². The molecule has 2 aromatic rings. The molecule has 2 rings (SSSR count). The zero-order chi connectivity index (χ0) is 21.9. The Balaban J connectivity index is 1.88. The zero-order valence-electron chi connectivity index (χ0n) is 16.8. The van der Waals surface area contributed by atoms with Crippen molar-refractivity contribution in [3.63, 3.8) is 0 Å². The van der Waals surface area contributed by atoms with Crippen LogP contribution in [0.1, 0.15) is 50.8 Å². The van der Waals surface area contributed by atoms with Crippen LogP contribution in [0.5, 0.6) is 0 Å². The van der Waals surface area contributed by atoms with E-state index in [4.69, 9.17) is 9.47 Å². The minimum absolute atomic E-state index is 0.00286. The fraction of sp³-hybridized carbons (Fsp3) is 0.273. The lowest BCUT2D eigenvalue weighted by Crippen LogP contribution is -2.22. The van der Waals surface area contributed by atoms with E-state index in [2.05, 4.69) is 10.1 Å². The van der Waals surface area contributed by atoms with E-state index in [1.807, 2.05) is 6.92 Å². The van der Waals surface area contributed by atoms with Crippen LogP contribution in [-0.2, 0) is 19.0 Å². The molecule has 8 heteroatoms. The van der Waals surface area contributed by atoms with E-state index in [9.17, 15) is 19.2 Å². The van der Waals surface area contributed by atoms with Gasteiger partial charge in [-0.25, -0.2) is 14.4 Å². The van der Waals surface area contributed by atoms with E-state index >= 15 is 0 Å². The monoisotopic (exact) mass is 413 g/mol. The Morgan fingerprint density at radius 1 is 0.833 bits per heavy atom. The summed E-state index contributed by atoms with van der Waals surface area (Å²) < 4.78 is 14.7. The number of ether oxygens (including phenoxy) is 3. The van der Waals surface area contributed by atoms with Crippen LogP contribution in [0.3, 0.4) is 0 Å². The topological polar surface area (TPSA) is 108 Å². The average molecular weight is 413 g/mol. The quantitative estimate of drug-likeness (QED) is 0.382. The highest BCUT2D eigenvalue weighted by molar-refractivity contribution is 6.04. The summed E-state index contributed by atoms with van der Waals surface area (Å²) in [7, 11) is 1.20. The molecule has 158 valence electrons. The Hall–Kier alpha value is -3.68. The average Bonchev–Trinajstić information content (AvgIpc) is 2.77. The fourth-order valence-electron chi connectivity index (χ4n) is 2.44. The second kappa shape index (κ2) is 11.4. The Kier molecular flexibility index (Phi) is 8.56. The highest BCUT2D eigenvalue weighted by Gasteiger charge is 2.19. The van der Waals surface area contributed by atoms with Gasteiger partial charge in [-0.3, -0.25) is 4.79 Å². The van der Waals surface area contributed by atoms with Crippen LogP contribution in [0.2, 0.25) is 0 Å². The standard InChI is InChI=1S/C22H23NO7/c1-3-4-13-29-20(25)15-9-11-16(12-10-15)23-19(24)14-30-22(27)18-8-6-5-7-17(18)21(26)28-2/h5-12H,3-4,13-14H2,1-2H3,(H,23,24). The third-order valence-electron chi connectivity index (χ3n) is 4.02. The second-order valence-electron chi connectivity index (χ2n) is 6.23. The molecule has 30 heavy (non-hydrogen) atoms. The smallest absolute Gasteiger partial charge is 0.339 e. The van der Waals surface area contributed by atoms with Crippen molar-refractivity contribution in [2.24, 2.45) is 0 Å². The minimum Gasteiger partial charge on any atom is -0.465 e. The number of esters is 3. The van der Waals surface area contributed by atoms with Crippen LogP contribution < -0.4 is 5.32 Å². The highest BCUT2D eigenvalue weighted by atomic mass is 16.5. The first-order valence-corrected chi connectivity index (χ1v) is 9.37. The van der Waals surface area contributed by atoms with Crippen LogP contribution >= 0.6 is 0 Å². The van der Waals surface area contributed by atoms with Gasteiger partial charge in [0.25, 0.3) is 5.91 Å². The maximum absolute atomic E-state index is 12.2. The number of rotatable bonds is 9. The fourth-order valence-corrected chi connectivity index (χ4v) is 2.44. The molecule has 2 aromatic carbocycles. The Bertz CT molecular complexity index is 906. The lowest BCUT2D eigenvalue weighted by molar-refractivity contribution is -0.119. The summed E-state index contributed by atoms with van der Waals surface area (Å²) in [5, 5.41) is 2.56. The van der Waals surface area contributed by atoms with Crippen molar-refractivity contribution in [3.8, 4) is 0 Å². The maximum atomic E-state index is 12.2. The molecule has 0 saturated carbocycles. The molecule has 0 aliphatic carbocycles. The molecule has 0 aromatic heterocycles. The third kappa shape index (κ3) is 6.44. The molecule has 0 heterocycles. The Morgan fingerprint density at radius 2 is 1.47 bits per heavy atom. The van der Waals surface area contributed by atoms with Gasteiger partial charge in [-0.05, 0) is 42.8 Å². The first-order valence-electron chi connectivity index (χ1n) is 9.37. The predicted octanol–water partition coefficient (Wildman–Crippen LogP) is 3.23. The van der Waals surface area contributed by atoms with Gasteiger partial charge >= 0.3 is 17.9 Å². The van der Waals surface area contributed by atoms with Crippen molar-refractivity contribution in [3.05, 3.63) is 65.2 Å². The van der Waals surface area contributed by atoms with Gasteiger partial charge in [-0.15, -0.1) is 0 Å². The number of unbranched alkanes of at least 4 members (excludes halogenated alkanes) is 1. The van der Waals surface area contributed by atoms with Crippen LogP contribution in [0.25, 0.3) is 0 Å².